The topological polar surface area (TPSA) is 96.1 Å². The summed E-state index contributed by atoms with van der Waals surface area (Å²) < 4.78 is 5.69. The van der Waals surface area contributed by atoms with Gasteiger partial charge < -0.3 is 20.5 Å². The minimum absolute atomic E-state index is 0.0401. The highest BCUT2D eigenvalue weighted by Gasteiger charge is 2.63. The van der Waals surface area contributed by atoms with Crippen LogP contribution in [0.4, 0.5) is 0 Å². The molecule has 7 heteroatoms. The Bertz CT molecular complexity index is 524. The number of hydrogen-bond acceptors (Lipinski definition) is 5. The van der Waals surface area contributed by atoms with Gasteiger partial charge in [0.15, 0.2) is 0 Å². The summed E-state index contributed by atoms with van der Waals surface area (Å²) in [5.41, 5.74) is 4.76. The molecule has 142 valence electrons. The van der Waals surface area contributed by atoms with E-state index in [0.717, 1.165) is 38.8 Å². The molecule has 7 nitrogen and oxygen atoms in total. The summed E-state index contributed by atoms with van der Waals surface area (Å²) in [6.07, 6.45) is 3.51. The van der Waals surface area contributed by atoms with Crippen molar-refractivity contribution >= 4 is 11.8 Å². The van der Waals surface area contributed by atoms with E-state index in [1.165, 1.54) is 0 Å². The Labute approximate surface area is 149 Å². The van der Waals surface area contributed by atoms with Gasteiger partial charge in [0, 0.05) is 38.0 Å². The predicted octanol–water partition coefficient (Wildman–Crippen LogP) is -0.0378. The molecule has 1 saturated carbocycles. The Kier molecular flexibility index (Phi) is 5.10. The first-order valence-electron chi connectivity index (χ1n) is 9.34. The Balaban J connectivity index is 1.52. The minimum Gasteiger partial charge on any atom is -0.392 e. The molecule has 3 fully saturated rings. The zero-order valence-electron chi connectivity index (χ0n) is 15.4. The number of ether oxygens (including phenoxy) is 1. The Morgan fingerprint density at radius 3 is 2.28 bits per heavy atom. The lowest BCUT2D eigenvalue weighted by Gasteiger charge is -2.63. The van der Waals surface area contributed by atoms with E-state index < -0.39 is 0 Å². The van der Waals surface area contributed by atoms with E-state index in [2.05, 4.69) is 6.92 Å². The fourth-order valence-corrected chi connectivity index (χ4v) is 5.08. The smallest absolute Gasteiger partial charge is 0.231 e. The van der Waals surface area contributed by atoms with Crippen LogP contribution in [0.3, 0.4) is 0 Å². The number of carbonyl (C=O) groups is 2. The molecule has 2 aliphatic heterocycles. The number of rotatable bonds is 4. The Hall–Kier alpha value is -1.18. The van der Waals surface area contributed by atoms with E-state index in [4.69, 9.17) is 10.5 Å². The normalized spacial score (nSPS) is 33.2. The highest BCUT2D eigenvalue weighted by molar-refractivity contribution is 5.79. The molecule has 0 radical (unpaired) electrons. The van der Waals surface area contributed by atoms with Crippen LogP contribution in [-0.4, -0.2) is 78.3 Å². The van der Waals surface area contributed by atoms with Crippen LogP contribution < -0.4 is 5.73 Å². The van der Waals surface area contributed by atoms with Crippen LogP contribution in [0.5, 0.6) is 0 Å². The molecule has 1 spiro atoms. The third-order valence-electron chi connectivity index (χ3n) is 7.01. The summed E-state index contributed by atoms with van der Waals surface area (Å²) in [6.45, 7) is 5.23. The highest BCUT2D eigenvalue weighted by Crippen LogP contribution is 2.58. The standard InChI is InChI=1S/C18H31N3O4/c1-17(25-2)11-14(22)18(17)5-9-21(10-6-18)16(24)13-3-7-20(8-4-13)12-15(19)23/h13-14,22H,3-12H2,1-2H3,(H2,19,23). The number of amides is 2. The number of piperidine rings is 2. The highest BCUT2D eigenvalue weighted by atomic mass is 16.5. The lowest BCUT2D eigenvalue weighted by atomic mass is 9.51. The number of hydrogen-bond donors (Lipinski definition) is 2. The molecule has 0 aromatic heterocycles. The van der Waals surface area contributed by atoms with Crippen molar-refractivity contribution in [2.75, 3.05) is 39.8 Å². The van der Waals surface area contributed by atoms with Gasteiger partial charge in [-0.25, -0.2) is 0 Å². The Morgan fingerprint density at radius 2 is 1.80 bits per heavy atom. The van der Waals surface area contributed by atoms with Crippen molar-refractivity contribution in [3.63, 3.8) is 0 Å². The fourth-order valence-electron chi connectivity index (χ4n) is 5.08. The number of methoxy groups -OCH3 is 1. The van der Waals surface area contributed by atoms with Gasteiger partial charge in [0.05, 0.1) is 18.2 Å². The van der Waals surface area contributed by atoms with Gasteiger partial charge in [-0.2, -0.15) is 0 Å². The van der Waals surface area contributed by atoms with E-state index in [9.17, 15) is 14.7 Å². The first-order chi connectivity index (χ1) is 11.8. The van der Waals surface area contributed by atoms with Crippen LogP contribution in [-0.2, 0) is 14.3 Å². The molecule has 2 unspecified atom stereocenters. The van der Waals surface area contributed by atoms with Crippen molar-refractivity contribution in [1.29, 1.82) is 0 Å². The second-order valence-corrected chi connectivity index (χ2v) is 8.15. The monoisotopic (exact) mass is 353 g/mol. The first kappa shape index (κ1) is 18.6. The maximum absolute atomic E-state index is 12.8. The lowest BCUT2D eigenvalue weighted by molar-refractivity contribution is -0.261. The van der Waals surface area contributed by atoms with Gasteiger partial charge >= 0.3 is 0 Å². The molecule has 3 N–H and O–H groups in total. The number of nitrogens with zero attached hydrogens (tertiary/aromatic N) is 2. The third-order valence-corrected chi connectivity index (χ3v) is 7.01. The van der Waals surface area contributed by atoms with Gasteiger partial charge in [0.25, 0.3) is 0 Å². The lowest BCUT2D eigenvalue weighted by Crippen LogP contribution is -2.69. The van der Waals surface area contributed by atoms with Gasteiger partial charge in [0.1, 0.15) is 0 Å². The number of nitrogens with two attached hydrogens (primary N) is 1. The molecule has 25 heavy (non-hydrogen) atoms. The summed E-state index contributed by atoms with van der Waals surface area (Å²) in [4.78, 5) is 27.8. The SMILES string of the molecule is COC1(C)CC(O)C12CCN(C(=O)C1CCN(CC(N)=O)CC1)CC2. The summed E-state index contributed by atoms with van der Waals surface area (Å²) >= 11 is 0. The molecular formula is C18H31N3O4. The maximum Gasteiger partial charge on any atom is 0.231 e. The maximum atomic E-state index is 12.8. The largest absolute Gasteiger partial charge is 0.392 e. The summed E-state index contributed by atoms with van der Waals surface area (Å²) in [5.74, 6) is -0.0499. The van der Waals surface area contributed by atoms with Gasteiger partial charge in [-0.05, 0) is 45.7 Å². The van der Waals surface area contributed by atoms with Gasteiger partial charge in [-0.15, -0.1) is 0 Å². The average Bonchev–Trinajstić information content (AvgIpc) is 2.61. The summed E-state index contributed by atoms with van der Waals surface area (Å²) in [7, 11) is 1.71. The quantitative estimate of drug-likeness (QED) is 0.739. The van der Waals surface area contributed by atoms with Crippen molar-refractivity contribution in [3.05, 3.63) is 0 Å². The van der Waals surface area contributed by atoms with Gasteiger partial charge in [-0.3, -0.25) is 14.5 Å². The molecule has 2 saturated heterocycles. The number of primary amides is 1. The molecule has 2 amide bonds. The van der Waals surface area contributed by atoms with Crippen molar-refractivity contribution in [2.24, 2.45) is 17.1 Å². The van der Waals surface area contributed by atoms with Crippen molar-refractivity contribution in [2.45, 2.75) is 50.7 Å². The molecule has 3 rings (SSSR count). The van der Waals surface area contributed by atoms with E-state index in [1.807, 2.05) is 9.80 Å². The molecule has 0 aromatic rings. The van der Waals surface area contributed by atoms with Crippen molar-refractivity contribution < 1.29 is 19.4 Å². The number of carbonyl (C=O) groups excluding carboxylic acids is 2. The van der Waals surface area contributed by atoms with Gasteiger partial charge in [-0.1, -0.05) is 0 Å². The van der Waals surface area contributed by atoms with E-state index in [0.29, 0.717) is 19.5 Å². The molecule has 1 aliphatic carbocycles. The number of aliphatic hydroxyl groups excluding tert-OH is 1. The molecule has 2 heterocycles. The number of aliphatic hydroxyl groups is 1. The van der Waals surface area contributed by atoms with Crippen molar-refractivity contribution in [3.8, 4) is 0 Å². The molecule has 0 bridgehead atoms. The van der Waals surface area contributed by atoms with Crippen LogP contribution in [0, 0.1) is 11.3 Å². The number of likely N-dealkylation sites (tertiary alicyclic amines) is 2. The second-order valence-electron chi connectivity index (χ2n) is 8.15. The van der Waals surface area contributed by atoms with Crippen LogP contribution in [0.2, 0.25) is 0 Å². The van der Waals surface area contributed by atoms with Gasteiger partial charge in [0.2, 0.25) is 11.8 Å². The third kappa shape index (κ3) is 3.17. The second kappa shape index (κ2) is 6.85. The molecule has 0 aromatic carbocycles. The summed E-state index contributed by atoms with van der Waals surface area (Å²) in [5, 5.41) is 10.3. The molecule has 3 aliphatic rings. The van der Waals surface area contributed by atoms with E-state index in [1.54, 1.807) is 7.11 Å². The van der Waals surface area contributed by atoms with Crippen LogP contribution in [0.1, 0.15) is 39.0 Å². The summed E-state index contributed by atoms with van der Waals surface area (Å²) in [6, 6.07) is 0. The van der Waals surface area contributed by atoms with E-state index >= 15 is 0 Å². The molecular weight excluding hydrogens is 322 g/mol. The van der Waals surface area contributed by atoms with Crippen LogP contribution in [0.25, 0.3) is 0 Å². The van der Waals surface area contributed by atoms with E-state index in [-0.39, 0.29) is 41.4 Å². The zero-order chi connectivity index (χ0) is 18.2. The molecule has 2 atom stereocenters. The van der Waals surface area contributed by atoms with Crippen LogP contribution >= 0.6 is 0 Å². The average molecular weight is 353 g/mol. The van der Waals surface area contributed by atoms with Crippen LogP contribution in [0.15, 0.2) is 0 Å². The van der Waals surface area contributed by atoms with Crippen molar-refractivity contribution in [1.82, 2.24) is 9.80 Å². The fraction of sp³-hybridized carbons (Fsp3) is 0.889. The zero-order valence-corrected chi connectivity index (χ0v) is 15.4. The predicted molar refractivity (Wildman–Crippen MR) is 92.6 cm³/mol. The Morgan fingerprint density at radius 1 is 1.20 bits per heavy atom. The minimum atomic E-state index is -0.327. The first-order valence-corrected chi connectivity index (χ1v) is 9.34.